The van der Waals surface area contributed by atoms with Crippen LogP contribution in [0, 0.1) is 6.92 Å². The van der Waals surface area contributed by atoms with Crippen molar-refractivity contribution in [2.45, 2.75) is 19.3 Å². The molecule has 0 aliphatic rings. The first-order chi connectivity index (χ1) is 9.08. The summed E-state index contributed by atoms with van der Waals surface area (Å²) in [5.74, 6) is -1.56. The highest BCUT2D eigenvalue weighted by atomic mass is 79.9. The van der Waals surface area contributed by atoms with Gasteiger partial charge in [-0.2, -0.15) is 0 Å². The molecular weight excluding hydrogens is 308 g/mol. The average Bonchev–Trinajstić information content (AvgIpc) is 2.37. The van der Waals surface area contributed by atoms with Gasteiger partial charge in [0.15, 0.2) is 0 Å². The van der Waals surface area contributed by atoms with Crippen LogP contribution in [0.25, 0.3) is 0 Å². The fourth-order valence-corrected chi connectivity index (χ4v) is 2.41. The average molecular weight is 321 g/mol. The Kier molecular flexibility index (Phi) is 4.27. The molecule has 2 rings (SSSR count). The van der Waals surface area contributed by atoms with Gasteiger partial charge in [0.25, 0.3) is 0 Å². The number of aryl methyl sites for hydroxylation is 1. The van der Waals surface area contributed by atoms with Gasteiger partial charge in [0, 0.05) is 16.9 Å². The van der Waals surface area contributed by atoms with Gasteiger partial charge in [-0.05, 0) is 31.0 Å². The number of carboxylic acids is 1. The van der Waals surface area contributed by atoms with Crippen molar-refractivity contribution in [3.8, 4) is 0 Å². The molecule has 5 heteroatoms. The maximum absolute atomic E-state index is 11.5. The van der Waals surface area contributed by atoms with E-state index in [9.17, 15) is 9.90 Å². The van der Waals surface area contributed by atoms with Crippen molar-refractivity contribution in [3.63, 3.8) is 0 Å². The summed E-state index contributed by atoms with van der Waals surface area (Å²) in [6.45, 7) is 1.78. The topological polar surface area (TPSA) is 63.1 Å². The van der Waals surface area contributed by atoms with Crippen LogP contribution in [0.1, 0.15) is 22.9 Å². The number of nitrogens with zero attached hydrogens (tertiary/aromatic N) is 2. The second kappa shape index (κ2) is 5.93. The van der Waals surface area contributed by atoms with E-state index in [1.807, 2.05) is 24.3 Å². The van der Waals surface area contributed by atoms with Gasteiger partial charge >= 0.3 is 5.97 Å². The summed E-state index contributed by atoms with van der Waals surface area (Å²) < 4.78 is 0.935. The molecule has 0 amide bonds. The lowest BCUT2D eigenvalue weighted by atomic mass is 9.95. The van der Waals surface area contributed by atoms with E-state index in [1.165, 1.54) is 6.20 Å². The predicted molar refractivity (Wildman–Crippen MR) is 75.0 cm³/mol. The standard InChI is InChI=1S/C14H13BrN2O2/c1-9-13(17-6-5-16-9)12(14(18)19)8-10-3-2-4-11(15)7-10/h2-7,12H,8H2,1H3,(H,18,19). The van der Waals surface area contributed by atoms with Gasteiger partial charge in [-0.3, -0.25) is 14.8 Å². The van der Waals surface area contributed by atoms with E-state index in [2.05, 4.69) is 25.9 Å². The van der Waals surface area contributed by atoms with Crippen LogP contribution in [-0.2, 0) is 11.2 Å². The molecule has 0 saturated heterocycles. The van der Waals surface area contributed by atoms with Crippen molar-refractivity contribution in [1.82, 2.24) is 9.97 Å². The van der Waals surface area contributed by atoms with E-state index in [1.54, 1.807) is 13.1 Å². The highest BCUT2D eigenvalue weighted by molar-refractivity contribution is 9.10. The lowest BCUT2D eigenvalue weighted by Crippen LogP contribution is -2.17. The largest absolute Gasteiger partial charge is 0.481 e. The second-order valence-corrected chi connectivity index (χ2v) is 5.17. The lowest BCUT2D eigenvalue weighted by molar-refractivity contribution is -0.138. The number of carbonyl (C=O) groups is 1. The van der Waals surface area contributed by atoms with Crippen LogP contribution in [0.4, 0.5) is 0 Å². The zero-order valence-corrected chi connectivity index (χ0v) is 12.0. The molecule has 0 aliphatic carbocycles. The van der Waals surface area contributed by atoms with Crippen LogP contribution < -0.4 is 0 Å². The molecule has 0 bridgehead atoms. The molecule has 4 nitrogen and oxygen atoms in total. The maximum atomic E-state index is 11.5. The van der Waals surface area contributed by atoms with Crippen LogP contribution in [0.2, 0.25) is 0 Å². The summed E-state index contributed by atoms with van der Waals surface area (Å²) in [4.78, 5) is 19.7. The number of halogens is 1. The van der Waals surface area contributed by atoms with Gasteiger partial charge in [0.1, 0.15) is 5.92 Å². The lowest BCUT2D eigenvalue weighted by Gasteiger charge is -2.13. The van der Waals surface area contributed by atoms with Crippen molar-refractivity contribution in [2.24, 2.45) is 0 Å². The normalized spacial score (nSPS) is 12.1. The number of aliphatic carboxylic acids is 1. The molecule has 0 saturated carbocycles. The van der Waals surface area contributed by atoms with Gasteiger partial charge < -0.3 is 5.11 Å². The number of benzene rings is 1. The molecule has 2 aromatic rings. The molecule has 0 fully saturated rings. The van der Waals surface area contributed by atoms with Gasteiger partial charge in [-0.25, -0.2) is 0 Å². The highest BCUT2D eigenvalue weighted by Crippen LogP contribution is 2.23. The summed E-state index contributed by atoms with van der Waals surface area (Å²) in [6.07, 6.45) is 3.49. The molecule has 0 aliphatic heterocycles. The molecule has 1 aromatic heterocycles. The fourth-order valence-electron chi connectivity index (χ4n) is 1.96. The van der Waals surface area contributed by atoms with Gasteiger partial charge in [0.2, 0.25) is 0 Å². The summed E-state index contributed by atoms with van der Waals surface area (Å²) in [5, 5.41) is 9.40. The Hall–Kier alpha value is -1.75. The van der Waals surface area contributed by atoms with Crippen molar-refractivity contribution < 1.29 is 9.90 Å². The van der Waals surface area contributed by atoms with E-state index < -0.39 is 11.9 Å². The monoisotopic (exact) mass is 320 g/mol. The number of hydrogen-bond donors (Lipinski definition) is 1. The third kappa shape index (κ3) is 3.38. The van der Waals surface area contributed by atoms with Gasteiger partial charge in [-0.15, -0.1) is 0 Å². The van der Waals surface area contributed by atoms with Crippen molar-refractivity contribution in [1.29, 1.82) is 0 Å². The van der Waals surface area contributed by atoms with Crippen LogP contribution in [-0.4, -0.2) is 21.0 Å². The minimum absolute atomic E-state index is 0.397. The number of rotatable bonds is 4. The Morgan fingerprint density at radius 1 is 1.37 bits per heavy atom. The SMILES string of the molecule is Cc1nccnc1C(Cc1cccc(Br)c1)C(=O)O. The highest BCUT2D eigenvalue weighted by Gasteiger charge is 2.24. The van der Waals surface area contributed by atoms with E-state index in [0.717, 1.165) is 10.0 Å². The first-order valence-electron chi connectivity index (χ1n) is 5.82. The molecular formula is C14H13BrN2O2. The minimum Gasteiger partial charge on any atom is -0.481 e. The zero-order valence-electron chi connectivity index (χ0n) is 10.4. The van der Waals surface area contributed by atoms with Gasteiger partial charge in [0.05, 0.1) is 11.4 Å². The summed E-state index contributed by atoms with van der Waals surface area (Å²) in [6, 6.07) is 7.63. The number of aromatic nitrogens is 2. The third-order valence-corrected chi connectivity index (χ3v) is 3.37. The predicted octanol–water partition coefficient (Wildman–Crippen LogP) is 2.96. The van der Waals surface area contributed by atoms with Crippen molar-refractivity contribution in [3.05, 3.63) is 58.1 Å². The molecule has 0 spiro atoms. The minimum atomic E-state index is -0.886. The molecule has 19 heavy (non-hydrogen) atoms. The van der Waals surface area contributed by atoms with E-state index >= 15 is 0 Å². The summed E-state index contributed by atoms with van der Waals surface area (Å²) in [7, 11) is 0. The number of carboxylic acid groups (broad SMARTS) is 1. The summed E-state index contributed by atoms with van der Waals surface area (Å²) in [5.41, 5.74) is 2.13. The molecule has 98 valence electrons. The van der Waals surface area contributed by atoms with Crippen LogP contribution in [0.3, 0.4) is 0 Å². The van der Waals surface area contributed by atoms with Gasteiger partial charge in [-0.1, -0.05) is 28.1 Å². The van der Waals surface area contributed by atoms with Crippen LogP contribution >= 0.6 is 15.9 Å². The molecule has 1 heterocycles. The molecule has 1 unspecified atom stereocenters. The Bertz CT molecular complexity index is 602. The van der Waals surface area contributed by atoms with Crippen LogP contribution in [0.15, 0.2) is 41.1 Å². The first kappa shape index (κ1) is 13.7. The first-order valence-corrected chi connectivity index (χ1v) is 6.62. The van der Waals surface area contributed by atoms with E-state index in [0.29, 0.717) is 17.8 Å². The molecule has 0 radical (unpaired) electrons. The fraction of sp³-hybridized carbons (Fsp3) is 0.214. The van der Waals surface area contributed by atoms with E-state index in [4.69, 9.17) is 0 Å². The smallest absolute Gasteiger partial charge is 0.313 e. The molecule has 1 aromatic carbocycles. The summed E-state index contributed by atoms with van der Waals surface area (Å²) >= 11 is 3.38. The Morgan fingerprint density at radius 3 is 2.74 bits per heavy atom. The maximum Gasteiger partial charge on any atom is 0.313 e. The van der Waals surface area contributed by atoms with Crippen LogP contribution in [0.5, 0.6) is 0 Å². The molecule has 1 N–H and O–H groups in total. The quantitative estimate of drug-likeness (QED) is 0.940. The Balaban J connectivity index is 2.32. The second-order valence-electron chi connectivity index (χ2n) is 4.25. The van der Waals surface area contributed by atoms with Crippen molar-refractivity contribution >= 4 is 21.9 Å². The third-order valence-electron chi connectivity index (χ3n) is 2.88. The molecule has 1 atom stereocenters. The zero-order chi connectivity index (χ0) is 13.8. The Morgan fingerprint density at radius 2 is 2.11 bits per heavy atom. The Labute approximate surface area is 119 Å². The number of hydrogen-bond acceptors (Lipinski definition) is 3. The van der Waals surface area contributed by atoms with Crippen molar-refractivity contribution in [2.75, 3.05) is 0 Å². The van der Waals surface area contributed by atoms with E-state index in [-0.39, 0.29) is 0 Å².